The third kappa shape index (κ3) is 1.90. The highest BCUT2D eigenvalue weighted by Gasteiger charge is 2.20. The molecule has 1 aromatic rings. The predicted molar refractivity (Wildman–Crippen MR) is 61.3 cm³/mol. The highest BCUT2D eigenvalue weighted by molar-refractivity contribution is 5.79. The molecule has 1 aliphatic heterocycles. The summed E-state index contributed by atoms with van der Waals surface area (Å²) in [5.41, 5.74) is 3.17. The number of ether oxygens (including phenoxy) is 2. The fourth-order valence-electron chi connectivity index (χ4n) is 1.95. The summed E-state index contributed by atoms with van der Waals surface area (Å²) in [6.45, 7) is 6.76. The van der Waals surface area contributed by atoms with Gasteiger partial charge in [-0.2, -0.15) is 0 Å². The van der Waals surface area contributed by atoms with E-state index in [1.807, 2.05) is 19.9 Å². The molecule has 0 unspecified atom stereocenters. The van der Waals surface area contributed by atoms with E-state index >= 15 is 0 Å². The van der Waals surface area contributed by atoms with Crippen molar-refractivity contribution in [2.24, 2.45) is 0 Å². The minimum Gasteiger partial charge on any atom is -0.486 e. The highest BCUT2D eigenvalue weighted by atomic mass is 16.6. The molecule has 0 amide bonds. The quantitative estimate of drug-likeness (QED) is 0.766. The zero-order valence-corrected chi connectivity index (χ0v) is 9.92. The molecule has 0 saturated carbocycles. The van der Waals surface area contributed by atoms with Crippen LogP contribution in [0.15, 0.2) is 6.07 Å². The van der Waals surface area contributed by atoms with Crippen molar-refractivity contribution < 1.29 is 14.3 Å². The molecule has 1 aromatic carbocycles. The van der Waals surface area contributed by atoms with Crippen molar-refractivity contribution in [2.75, 3.05) is 13.2 Å². The van der Waals surface area contributed by atoms with Crippen molar-refractivity contribution in [1.82, 2.24) is 0 Å². The van der Waals surface area contributed by atoms with Gasteiger partial charge in [-0.25, -0.2) is 0 Å². The minimum atomic E-state index is 0.139. The topological polar surface area (TPSA) is 35.5 Å². The standard InChI is InChI=1S/C13H16O3/c1-8-6-11(7-9(2)14)13-12(10(8)3)15-4-5-16-13/h6H,4-5,7H2,1-3H3. The van der Waals surface area contributed by atoms with Gasteiger partial charge in [-0.05, 0) is 31.9 Å². The van der Waals surface area contributed by atoms with E-state index in [-0.39, 0.29) is 5.78 Å². The average molecular weight is 220 g/mol. The number of Topliss-reactive ketones (excluding diaryl/α,β-unsaturated/α-hetero) is 1. The number of rotatable bonds is 2. The number of hydrogen-bond donors (Lipinski definition) is 0. The third-order valence-electron chi connectivity index (χ3n) is 2.84. The fourth-order valence-corrected chi connectivity index (χ4v) is 1.95. The Morgan fingerprint density at radius 2 is 1.88 bits per heavy atom. The van der Waals surface area contributed by atoms with Gasteiger partial charge in [0.25, 0.3) is 0 Å². The fraction of sp³-hybridized carbons (Fsp3) is 0.462. The Labute approximate surface area is 95.4 Å². The molecule has 0 spiro atoms. The summed E-state index contributed by atoms with van der Waals surface area (Å²) in [4.78, 5) is 11.2. The summed E-state index contributed by atoms with van der Waals surface area (Å²) in [6, 6.07) is 2.02. The second kappa shape index (κ2) is 4.16. The number of carbonyl (C=O) groups excluding carboxylic acids is 1. The number of carbonyl (C=O) groups is 1. The molecule has 0 aromatic heterocycles. The molecule has 0 fully saturated rings. The third-order valence-corrected chi connectivity index (χ3v) is 2.84. The van der Waals surface area contributed by atoms with Crippen LogP contribution in [0.25, 0.3) is 0 Å². The summed E-state index contributed by atoms with van der Waals surface area (Å²) in [7, 11) is 0. The first-order valence-electron chi connectivity index (χ1n) is 5.47. The Morgan fingerprint density at radius 3 is 2.50 bits per heavy atom. The van der Waals surface area contributed by atoms with E-state index in [4.69, 9.17) is 9.47 Å². The molecule has 16 heavy (non-hydrogen) atoms. The van der Waals surface area contributed by atoms with Crippen LogP contribution in [0, 0.1) is 13.8 Å². The van der Waals surface area contributed by atoms with E-state index in [1.54, 1.807) is 6.92 Å². The Bertz CT molecular complexity index is 435. The lowest BCUT2D eigenvalue weighted by atomic mass is 10.00. The molecule has 0 saturated heterocycles. The molecule has 0 atom stereocenters. The van der Waals surface area contributed by atoms with Crippen LogP contribution in [-0.4, -0.2) is 19.0 Å². The summed E-state index contributed by atoms with van der Waals surface area (Å²) in [5, 5.41) is 0. The van der Waals surface area contributed by atoms with Gasteiger partial charge >= 0.3 is 0 Å². The van der Waals surface area contributed by atoms with Crippen LogP contribution in [0.4, 0.5) is 0 Å². The van der Waals surface area contributed by atoms with Crippen LogP contribution in [0.5, 0.6) is 11.5 Å². The van der Waals surface area contributed by atoms with E-state index in [9.17, 15) is 4.79 Å². The van der Waals surface area contributed by atoms with Crippen molar-refractivity contribution in [3.63, 3.8) is 0 Å². The lowest BCUT2D eigenvalue weighted by Crippen LogP contribution is -2.18. The van der Waals surface area contributed by atoms with E-state index < -0.39 is 0 Å². The molecule has 2 rings (SSSR count). The van der Waals surface area contributed by atoms with Crippen molar-refractivity contribution in [3.05, 3.63) is 22.8 Å². The molecule has 3 nitrogen and oxygen atoms in total. The molecule has 0 aliphatic carbocycles. The maximum absolute atomic E-state index is 11.2. The van der Waals surface area contributed by atoms with E-state index in [0.717, 1.165) is 28.2 Å². The monoisotopic (exact) mass is 220 g/mol. The highest BCUT2D eigenvalue weighted by Crippen LogP contribution is 2.39. The van der Waals surface area contributed by atoms with E-state index in [1.165, 1.54) is 0 Å². The summed E-state index contributed by atoms with van der Waals surface area (Å²) in [5.74, 6) is 1.70. The molecule has 0 N–H and O–H groups in total. The van der Waals surface area contributed by atoms with Crippen molar-refractivity contribution in [3.8, 4) is 11.5 Å². The maximum Gasteiger partial charge on any atom is 0.165 e. The first-order valence-corrected chi connectivity index (χ1v) is 5.47. The van der Waals surface area contributed by atoms with Crippen molar-refractivity contribution in [1.29, 1.82) is 0 Å². The van der Waals surface area contributed by atoms with Gasteiger partial charge in [0.05, 0.1) is 0 Å². The zero-order chi connectivity index (χ0) is 11.7. The summed E-state index contributed by atoms with van der Waals surface area (Å²) < 4.78 is 11.2. The van der Waals surface area contributed by atoms with Gasteiger partial charge in [-0.3, -0.25) is 4.79 Å². The molecular formula is C13H16O3. The van der Waals surface area contributed by atoms with Gasteiger partial charge in [-0.1, -0.05) is 6.07 Å². The Morgan fingerprint density at radius 1 is 1.25 bits per heavy atom. The summed E-state index contributed by atoms with van der Waals surface area (Å²) >= 11 is 0. The number of benzene rings is 1. The smallest absolute Gasteiger partial charge is 0.165 e. The average Bonchev–Trinajstić information content (AvgIpc) is 2.25. The molecule has 1 heterocycles. The Kier molecular flexibility index (Phi) is 2.86. The van der Waals surface area contributed by atoms with Crippen LogP contribution in [0.3, 0.4) is 0 Å². The molecule has 0 radical (unpaired) electrons. The van der Waals surface area contributed by atoms with Gasteiger partial charge in [0, 0.05) is 12.0 Å². The Hall–Kier alpha value is -1.51. The van der Waals surface area contributed by atoms with Crippen molar-refractivity contribution in [2.45, 2.75) is 27.2 Å². The second-order valence-electron chi connectivity index (χ2n) is 4.21. The lowest BCUT2D eigenvalue weighted by Gasteiger charge is -2.23. The maximum atomic E-state index is 11.2. The van der Waals surface area contributed by atoms with Gasteiger partial charge in [0.2, 0.25) is 0 Å². The lowest BCUT2D eigenvalue weighted by molar-refractivity contribution is -0.116. The van der Waals surface area contributed by atoms with Gasteiger partial charge in [-0.15, -0.1) is 0 Å². The minimum absolute atomic E-state index is 0.139. The van der Waals surface area contributed by atoms with Gasteiger partial charge in [0.1, 0.15) is 19.0 Å². The molecule has 3 heteroatoms. The SMILES string of the molecule is CC(=O)Cc1cc(C)c(C)c2c1OCCO2. The first-order chi connectivity index (χ1) is 7.59. The predicted octanol–water partition coefficient (Wildman–Crippen LogP) is 2.21. The molecule has 86 valence electrons. The van der Waals surface area contributed by atoms with E-state index in [2.05, 4.69) is 0 Å². The zero-order valence-electron chi connectivity index (χ0n) is 9.92. The number of ketones is 1. The largest absolute Gasteiger partial charge is 0.486 e. The Balaban J connectivity index is 2.52. The number of hydrogen-bond acceptors (Lipinski definition) is 3. The first kappa shape index (κ1) is 11.0. The van der Waals surface area contributed by atoms with Crippen LogP contribution in [-0.2, 0) is 11.2 Å². The van der Waals surface area contributed by atoms with Crippen molar-refractivity contribution >= 4 is 5.78 Å². The molecule has 1 aliphatic rings. The van der Waals surface area contributed by atoms with Crippen LogP contribution in [0.1, 0.15) is 23.6 Å². The van der Waals surface area contributed by atoms with Crippen LogP contribution in [0.2, 0.25) is 0 Å². The summed E-state index contributed by atoms with van der Waals surface area (Å²) in [6.07, 6.45) is 0.410. The second-order valence-corrected chi connectivity index (χ2v) is 4.21. The van der Waals surface area contributed by atoms with Gasteiger partial charge in [0.15, 0.2) is 11.5 Å². The van der Waals surface area contributed by atoms with Crippen LogP contribution >= 0.6 is 0 Å². The van der Waals surface area contributed by atoms with Gasteiger partial charge < -0.3 is 9.47 Å². The normalized spacial score (nSPS) is 13.7. The molecular weight excluding hydrogens is 204 g/mol. The number of aryl methyl sites for hydroxylation is 1. The molecule has 0 bridgehead atoms. The van der Waals surface area contributed by atoms with E-state index in [0.29, 0.717) is 19.6 Å². The van der Waals surface area contributed by atoms with Crippen LogP contribution < -0.4 is 9.47 Å². The number of fused-ring (bicyclic) bond motifs is 1.